The van der Waals surface area contributed by atoms with Crippen LogP contribution in [0.15, 0.2) is 18.2 Å². The van der Waals surface area contributed by atoms with Gasteiger partial charge in [-0.2, -0.15) is 0 Å². The number of ether oxygens (including phenoxy) is 1. The van der Waals surface area contributed by atoms with E-state index < -0.39 is 0 Å². The van der Waals surface area contributed by atoms with Crippen molar-refractivity contribution in [2.45, 2.75) is 32.7 Å². The Balaban J connectivity index is 3.00. The molecule has 1 aromatic carbocycles. The number of rotatable bonds is 8. The van der Waals surface area contributed by atoms with Gasteiger partial charge in [-0.3, -0.25) is 0 Å². The molecule has 0 fully saturated rings. The Labute approximate surface area is 121 Å². The van der Waals surface area contributed by atoms with Crippen molar-refractivity contribution in [3.63, 3.8) is 0 Å². The largest absolute Gasteiger partial charge is 0.383 e. The number of anilines is 1. The van der Waals surface area contributed by atoms with Crippen molar-refractivity contribution in [2.75, 3.05) is 31.7 Å². The molecule has 0 aliphatic carbocycles. The Morgan fingerprint density at radius 1 is 1.37 bits per heavy atom. The fourth-order valence-corrected chi connectivity index (χ4v) is 2.45. The van der Waals surface area contributed by atoms with Gasteiger partial charge in [-0.05, 0) is 31.4 Å². The summed E-state index contributed by atoms with van der Waals surface area (Å²) in [7, 11) is 1.72. The van der Waals surface area contributed by atoms with E-state index in [1.54, 1.807) is 7.11 Å². The summed E-state index contributed by atoms with van der Waals surface area (Å²) in [5, 5.41) is 0.791. The normalized spacial score (nSPS) is 12.5. The molecule has 0 heterocycles. The maximum Gasteiger partial charge on any atom is 0.0642 e. The zero-order valence-electron chi connectivity index (χ0n) is 12.2. The van der Waals surface area contributed by atoms with E-state index in [4.69, 9.17) is 22.1 Å². The highest BCUT2D eigenvalue weighted by Gasteiger charge is 2.15. The minimum absolute atomic E-state index is 0.179. The Kier molecular flexibility index (Phi) is 7.21. The van der Waals surface area contributed by atoms with Crippen molar-refractivity contribution in [3.8, 4) is 0 Å². The molecule has 0 amide bonds. The lowest BCUT2D eigenvalue weighted by atomic mass is 10.0. The first-order valence-electron chi connectivity index (χ1n) is 6.90. The predicted molar refractivity (Wildman–Crippen MR) is 83.2 cm³/mol. The molecule has 1 unspecified atom stereocenters. The van der Waals surface area contributed by atoms with Gasteiger partial charge in [-0.25, -0.2) is 0 Å². The molecular weight excluding hydrogens is 260 g/mol. The second-order valence-corrected chi connectivity index (χ2v) is 5.10. The molecule has 1 atom stereocenters. The molecule has 19 heavy (non-hydrogen) atoms. The summed E-state index contributed by atoms with van der Waals surface area (Å²) in [5.74, 6) is 0. The average Bonchev–Trinajstić information content (AvgIpc) is 2.41. The van der Waals surface area contributed by atoms with Crippen LogP contribution in [0, 0.1) is 0 Å². The molecule has 1 aromatic rings. The quantitative estimate of drug-likeness (QED) is 0.797. The first kappa shape index (κ1) is 16.3. The fourth-order valence-electron chi connectivity index (χ4n) is 2.14. The third-order valence-corrected chi connectivity index (χ3v) is 3.65. The number of halogens is 1. The van der Waals surface area contributed by atoms with Gasteiger partial charge in [-0.1, -0.05) is 30.7 Å². The van der Waals surface area contributed by atoms with Crippen molar-refractivity contribution in [1.29, 1.82) is 0 Å². The minimum atomic E-state index is 0.179. The number of nitrogens with zero attached hydrogens (tertiary/aromatic N) is 1. The van der Waals surface area contributed by atoms with E-state index >= 15 is 0 Å². The number of hydrogen-bond acceptors (Lipinski definition) is 3. The van der Waals surface area contributed by atoms with E-state index in [1.165, 1.54) is 5.56 Å². The van der Waals surface area contributed by atoms with Gasteiger partial charge < -0.3 is 15.4 Å². The van der Waals surface area contributed by atoms with Crippen LogP contribution in [0.4, 0.5) is 5.69 Å². The van der Waals surface area contributed by atoms with E-state index in [0.29, 0.717) is 6.61 Å². The topological polar surface area (TPSA) is 38.5 Å². The molecule has 3 nitrogen and oxygen atoms in total. The van der Waals surface area contributed by atoms with E-state index in [0.717, 1.165) is 36.6 Å². The van der Waals surface area contributed by atoms with Crippen LogP contribution in [-0.4, -0.2) is 32.8 Å². The first-order valence-corrected chi connectivity index (χ1v) is 7.28. The summed E-state index contributed by atoms with van der Waals surface area (Å²) in [6.07, 6.45) is 1.83. The third-order valence-electron chi connectivity index (χ3n) is 3.34. The Morgan fingerprint density at radius 2 is 2.11 bits per heavy atom. The number of methoxy groups -OCH3 is 1. The zero-order chi connectivity index (χ0) is 14.3. The van der Waals surface area contributed by atoms with Crippen molar-refractivity contribution in [1.82, 2.24) is 0 Å². The molecule has 0 saturated carbocycles. The van der Waals surface area contributed by atoms with E-state index in [2.05, 4.69) is 24.8 Å². The van der Waals surface area contributed by atoms with E-state index in [9.17, 15) is 0 Å². The second-order valence-electron chi connectivity index (χ2n) is 4.69. The number of hydrogen-bond donors (Lipinski definition) is 1. The highest BCUT2D eigenvalue weighted by molar-refractivity contribution is 6.33. The Bertz CT molecular complexity index is 384. The van der Waals surface area contributed by atoms with Crippen LogP contribution in [0.5, 0.6) is 0 Å². The van der Waals surface area contributed by atoms with Crippen LogP contribution in [0.2, 0.25) is 5.02 Å². The lowest BCUT2D eigenvalue weighted by molar-refractivity contribution is 0.205. The third kappa shape index (κ3) is 4.68. The molecule has 1 rings (SSSR count). The van der Waals surface area contributed by atoms with Crippen LogP contribution in [0.25, 0.3) is 0 Å². The molecule has 2 N–H and O–H groups in total. The predicted octanol–water partition coefficient (Wildman–Crippen LogP) is 3.09. The number of nitrogens with two attached hydrogens (primary N) is 1. The van der Waals surface area contributed by atoms with Crippen LogP contribution in [0.3, 0.4) is 0 Å². The van der Waals surface area contributed by atoms with Crippen molar-refractivity contribution < 1.29 is 4.74 Å². The summed E-state index contributed by atoms with van der Waals surface area (Å²) in [5.41, 5.74) is 8.41. The van der Waals surface area contributed by atoms with Gasteiger partial charge in [-0.15, -0.1) is 0 Å². The van der Waals surface area contributed by atoms with Gasteiger partial charge in [0.05, 0.1) is 17.3 Å². The van der Waals surface area contributed by atoms with Gasteiger partial charge in [0, 0.05) is 26.2 Å². The van der Waals surface area contributed by atoms with Crippen LogP contribution < -0.4 is 10.6 Å². The second kappa shape index (κ2) is 8.41. The molecule has 0 aliphatic rings. The average molecular weight is 285 g/mol. The van der Waals surface area contributed by atoms with Crippen LogP contribution in [0.1, 0.15) is 25.8 Å². The lowest BCUT2D eigenvalue weighted by Gasteiger charge is -2.27. The molecule has 0 bridgehead atoms. The van der Waals surface area contributed by atoms with E-state index in [1.807, 2.05) is 12.1 Å². The van der Waals surface area contributed by atoms with E-state index in [-0.39, 0.29) is 6.04 Å². The van der Waals surface area contributed by atoms with Crippen LogP contribution in [-0.2, 0) is 11.2 Å². The van der Waals surface area contributed by atoms with Crippen LogP contribution >= 0.6 is 11.6 Å². The highest BCUT2D eigenvalue weighted by Crippen LogP contribution is 2.30. The monoisotopic (exact) mass is 284 g/mol. The Morgan fingerprint density at radius 3 is 2.68 bits per heavy atom. The van der Waals surface area contributed by atoms with Gasteiger partial charge in [0.15, 0.2) is 0 Å². The summed E-state index contributed by atoms with van der Waals surface area (Å²) >= 11 is 6.39. The summed E-state index contributed by atoms with van der Waals surface area (Å²) in [6, 6.07) is 6.23. The van der Waals surface area contributed by atoms with Gasteiger partial charge in [0.25, 0.3) is 0 Å². The maximum absolute atomic E-state index is 6.39. The number of para-hydroxylation sites is 1. The smallest absolute Gasteiger partial charge is 0.0642 e. The lowest BCUT2D eigenvalue weighted by Crippen LogP contribution is -2.29. The summed E-state index contributed by atoms with van der Waals surface area (Å²) in [4.78, 5) is 2.25. The standard InChI is InChI=1S/C15H25ClN2O/c1-4-13(17)11-12-7-6-8-14(16)15(12)18(5-2)9-10-19-3/h6-8,13H,4-5,9-11,17H2,1-3H3. The number of benzene rings is 1. The summed E-state index contributed by atoms with van der Waals surface area (Å²) < 4.78 is 5.17. The van der Waals surface area contributed by atoms with Crippen molar-refractivity contribution >= 4 is 17.3 Å². The van der Waals surface area contributed by atoms with Gasteiger partial charge in [0.1, 0.15) is 0 Å². The van der Waals surface area contributed by atoms with Crippen molar-refractivity contribution in [3.05, 3.63) is 28.8 Å². The fraction of sp³-hybridized carbons (Fsp3) is 0.600. The Hall–Kier alpha value is -0.770. The molecule has 0 aliphatic heterocycles. The molecule has 0 aromatic heterocycles. The molecule has 108 valence electrons. The SMILES string of the molecule is CCC(N)Cc1cccc(Cl)c1N(CC)CCOC. The van der Waals surface area contributed by atoms with Crippen molar-refractivity contribution in [2.24, 2.45) is 5.73 Å². The highest BCUT2D eigenvalue weighted by atomic mass is 35.5. The summed E-state index contributed by atoms with van der Waals surface area (Å²) in [6.45, 7) is 6.67. The molecule has 4 heteroatoms. The van der Waals surface area contributed by atoms with Gasteiger partial charge >= 0.3 is 0 Å². The zero-order valence-corrected chi connectivity index (χ0v) is 12.9. The maximum atomic E-state index is 6.39. The number of likely N-dealkylation sites (N-methyl/N-ethyl adjacent to an activating group) is 1. The molecule has 0 radical (unpaired) electrons. The molecule has 0 spiro atoms. The first-order chi connectivity index (χ1) is 9.13. The minimum Gasteiger partial charge on any atom is -0.383 e. The van der Waals surface area contributed by atoms with Gasteiger partial charge in [0.2, 0.25) is 0 Å². The molecular formula is C15H25ClN2O. The molecule has 0 saturated heterocycles.